The molecule has 0 radical (unpaired) electrons. The fourth-order valence-electron chi connectivity index (χ4n) is 2.00. The van der Waals surface area contributed by atoms with Crippen LogP contribution in [0.25, 0.3) is 21.3 Å². The Hall–Kier alpha value is -1.30. The second kappa shape index (κ2) is 5.60. The molecule has 0 amide bonds. The molecule has 1 aromatic heterocycles. The Kier molecular flexibility index (Phi) is 3.83. The van der Waals surface area contributed by atoms with Crippen LogP contribution in [0.1, 0.15) is 18.0 Å². The van der Waals surface area contributed by atoms with Crippen molar-refractivity contribution in [2.24, 2.45) is 0 Å². The third-order valence-electron chi connectivity index (χ3n) is 3.29. The summed E-state index contributed by atoms with van der Waals surface area (Å²) >= 11 is 5.13. The van der Waals surface area contributed by atoms with E-state index < -0.39 is 0 Å². The Morgan fingerprint density at radius 1 is 1.10 bits per heavy atom. The maximum absolute atomic E-state index is 4.30. The van der Waals surface area contributed by atoms with Gasteiger partial charge in [0.25, 0.3) is 0 Å². The zero-order valence-electron chi connectivity index (χ0n) is 11.2. The molecule has 0 spiro atoms. The van der Waals surface area contributed by atoms with Gasteiger partial charge in [-0.1, -0.05) is 45.5 Å². The van der Waals surface area contributed by atoms with Gasteiger partial charge in [0.15, 0.2) is 0 Å². The monoisotopic (exact) mass is 347 g/mol. The minimum Gasteiger partial charge on any atom is -0.311 e. The zero-order chi connectivity index (χ0) is 14.1. The van der Waals surface area contributed by atoms with E-state index in [4.69, 9.17) is 0 Å². The van der Waals surface area contributed by atoms with E-state index in [-0.39, 0.29) is 6.04 Å². The summed E-state index contributed by atoms with van der Waals surface area (Å²) in [6, 6.07) is 12.9. The molecule has 0 bridgehead atoms. The predicted molar refractivity (Wildman–Crippen MR) is 88.0 cm³/mol. The Bertz CT molecular complexity index is 754. The van der Waals surface area contributed by atoms with Gasteiger partial charge in [-0.3, -0.25) is 0 Å². The third kappa shape index (κ3) is 2.61. The van der Waals surface area contributed by atoms with Gasteiger partial charge in [-0.05, 0) is 42.9 Å². The summed E-state index contributed by atoms with van der Waals surface area (Å²) in [5.41, 5.74) is 1.12. The molecule has 20 heavy (non-hydrogen) atoms. The number of hydrogen-bond acceptors (Lipinski definition) is 4. The van der Waals surface area contributed by atoms with Crippen LogP contribution in [-0.2, 0) is 0 Å². The van der Waals surface area contributed by atoms with Crippen molar-refractivity contribution in [1.29, 1.82) is 0 Å². The summed E-state index contributed by atoms with van der Waals surface area (Å²) in [6.45, 7) is 2.09. The van der Waals surface area contributed by atoms with Crippen molar-refractivity contribution in [3.8, 4) is 10.6 Å². The Labute approximate surface area is 130 Å². The van der Waals surface area contributed by atoms with Gasteiger partial charge >= 0.3 is 0 Å². The molecule has 1 heterocycles. The van der Waals surface area contributed by atoms with Gasteiger partial charge in [0.05, 0.1) is 6.04 Å². The maximum atomic E-state index is 4.30. The van der Waals surface area contributed by atoms with Gasteiger partial charge in [-0.15, -0.1) is 10.2 Å². The summed E-state index contributed by atoms with van der Waals surface area (Å²) in [7, 11) is 1.93. The van der Waals surface area contributed by atoms with Crippen LogP contribution in [0.15, 0.2) is 40.9 Å². The fraction of sp³-hybridized carbons (Fsp3) is 0.200. The summed E-state index contributed by atoms with van der Waals surface area (Å²) in [4.78, 5) is 0. The molecule has 1 N–H and O–H groups in total. The van der Waals surface area contributed by atoms with Crippen LogP contribution in [0, 0.1) is 0 Å². The van der Waals surface area contributed by atoms with Crippen molar-refractivity contribution in [2.45, 2.75) is 13.0 Å². The number of nitrogens with one attached hydrogen (secondary N) is 1. The molecule has 0 saturated carbocycles. The first-order valence-electron chi connectivity index (χ1n) is 6.38. The largest absolute Gasteiger partial charge is 0.311 e. The molecule has 0 aliphatic heterocycles. The minimum absolute atomic E-state index is 0.234. The number of rotatable bonds is 3. The van der Waals surface area contributed by atoms with Gasteiger partial charge in [-0.2, -0.15) is 0 Å². The van der Waals surface area contributed by atoms with E-state index in [1.54, 1.807) is 11.3 Å². The van der Waals surface area contributed by atoms with Crippen molar-refractivity contribution >= 4 is 38.0 Å². The van der Waals surface area contributed by atoms with E-state index in [9.17, 15) is 0 Å². The molecule has 0 aliphatic carbocycles. The van der Waals surface area contributed by atoms with Crippen molar-refractivity contribution < 1.29 is 0 Å². The number of benzene rings is 2. The topological polar surface area (TPSA) is 37.8 Å². The number of halogens is 1. The van der Waals surface area contributed by atoms with Crippen LogP contribution < -0.4 is 5.32 Å². The maximum Gasteiger partial charge on any atom is 0.147 e. The van der Waals surface area contributed by atoms with Crippen LogP contribution in [0.5, 0.6) is 0 Å². The lowest BCUT2D eigenvalue weighted by Gasteiger charge is -2.03. The number of hydrogen-bond donors (Lipinski definition) is 1. The van der Waals surface area contributed by atoms with E-state index in [1.165, 1.54) is 10.8 Å². The first-order chi connectivity index (χ1) is 9.67. The molecule has 0 fully saturated rings. The molecule has 0 saturated heterocycles. The Morgan fingerprint density at radius 3 is 2.65 bits per heavy atom. The summed E-state index contributed by atoms with van der Waals surface area (Å²) in [5.74, 6) is 0. The van der Waals surface area contributed by atoms with E-state index in [2.05, 4.69) is 74.8 Å². The normalized spacial score (nSPS) is 12.8. The molecular weight excluding hydrogens is 334 g/mol. The molecule has 0 aliphatic rings. The van der Waals surface area contributed by atoms with E-state index in [0.717, 1.165) is 20.1 Å². The third-order valence-corrected chi connectivity index (χ3v) is 4.94. The highest BCUT2D eigenvalue weighted by molar-refractivity contribution is 9.10. The lowest BCUT2D eigenvalue weighted by Crippen LogP contribution is -2.11. The molecule has 102 valence electrons. The van der Waals surface area contributed by atoms with E-state index in [0.29, 0.717) is 0 Å². The van der Waals surface area contributed by atoms with E-state index >= 15 is 0 Å². The van der Waals surface area contributed by atoms with Crippen LogP contribution in [0.4, 0.5) is 0 Å². The van der Waals surface area contributed by atoms with Crippen molar-refractivity contribution in [3.63, 3.8) is 0 Å². The number of aromatic nitrogens is 2. The smallest absolute Gasteiger partial charge is 0.147 e. The SMILES string of the molecule is CNC(C)c1nnc(-c2ccc3cc(Br)ccc3c2)s1. The fourth-order valence-corrected chi connectivity index (χ4v) is 3.28. The zero-order valence-corrected chi connectivity index (χ0v) is 13.6. The van der Waals surface area contributed by atoms with Crippen LogP contribution in [0.2, 0.25) is 0 Å². The Morgan fingerprint density at radius 2 is 1.85 bits per heavy atom. The molecule has 3 aromatic rings. The average Bonchev–Trinajstić information content (AvgIpc) is 2.95. The lowest BCUT2D eigenvalue weighted by molar-refractivity contribution is 0.640. The second-order valence-electron chi connectivity index (χ2n) is 4.66. The molecule has 2 aromatic carbocycles. The molecule has 3 rings (SSSR count). The number of fused-ring (bicyclic) bond motifs is 1. The standard InChI is InChI=1S/C15H14BrN3S/c1-9(17-2)14-18-19-15(20-14)12-4-3-11-8-13(16)6-5-10(11)7-12/h3-9,17H,1-2H3. The summed E-state index contributed by atoms with van der Waals surface area (Å²) in [6.07, 6.45) is 0. The lowest BCUT2D eigenvalue weighted by atomic mass is 10.1. The first kappa shape index (κ1) is 13.7. The highest BCUT2D eigenvalue weighted by Gasteiger charge is 2.11. The van der Waals surface area contributed by atoms with Crippen LogP contribution in [0.3, 0.4) is 0 Å². The highest BCUT2D eigenvalue weighted by Crippen LogP contribution is 2.29. The van der Waals surface area contributed by atoms with Gasteiger partial charge in [-0.25, -0.2) is 0 Å². The molecule has 1 atom stereocenters. The molecule has 3 nitrogen and oxygen atoms in total. The molecule has 1 unspecified atom stereocenters. The number of nitrogens with zero attached hydrogens (tertiary/aromatic N) is 2. The minimum atomic E-state index is 0.234. The average molecular weight is 348 g/mol. The van der Waals surface area contributed by atoms with Crippen LogP contribution >= 0.6 is 27.3 Å². The van der Waals surface area contributed by atoms with E-state index in [1.807, 2.05) is 7.05 Å². The van der Waals surface area contributed by atoms with Crippen molar-refractivity contribution in [2.75, 3.05) is 7.05 Å². The van der Waals surface area contributed by atoms with Crippen molar-refractivity contribution in [1.82, 2.24) is 15.5 Å². The Balaban J connectivity index is 2.01. The van der Waals surface area contributed by atoms with Gasteiger partial charge < -0.3 is 5.32 Å². The highest BCUT2D eigenvalue weighted by atomic mass is 79.9. The molecule has 5 heteroatoms. The molecular formula is C15H14BrN3S. The van der Waals surface area contributed by atoms with Crippen molar-refractivity contribution in [3.05, 3.63) is 45.9 Å². The quantitative estimate of drug-likeness (QED) is 0.762. The van der Waals surface area contributed by atoms with Gasteiger partial charge in [0, 0.05) is 10.0 Å². The second-order valence-corrected chi connectivity index (χ2v) is 6.59. The van der Waals surface area contributed by atoms with Crippen LogP contribution in [-0.4, -0.2) is 17.2 Å². The van der Waals surface area contributed by atoms with Gasteiger partial charge in [0.1, 0.15) is 10.0 Å². The van der Waals surface area contributed by atoms with Gasteiger partial charge in [0.2, 0.25) is 0 Å². The first-order valence-corrected chi connectivity index (χ1v) is 7.98. The summed E-state index contributed by atoms with van der Waals surface area (Å²) < 4.78 is 1.10. The summed E-state index contributed by atoms with van der Waals surface area (Å²) in [5, 5.41) is 16.1. The predicted octanol–water partition coefficient (Wildman–Crippen LogP) is 4.40.